The molecule has 8 heteroatoms. The minimum atomic E-state index is -0.992. The zero-order valence-corrected chi connectivity index (χ0v) is 20.4. The smallest absolute Gasteiger partial charge is 0.336 e. The first-order valence-corrected chi connectivity index (χ1v) is 11.7. The van der Waals surface area contributed by atoms with Gasteiger partial charge in [-0.1, -0.05) is 37.3 Å². The zero-order valence-electron chi connectivity index (χ0n) is 20.4. The van der Waals surface area contributed by atoms with Crippen molar-refractivity contribution >= 4 is 17.7 Å². The van der Waals surface area contributed by atoms with Crippen LogP contribution in [0.4, 0.5) is 4.39 Å². The van der Waals surface area contributed by atoms with Crippen LogP contribution in [0.2, 0.25) is 0 Å². The molecule has 0 saturated carbocycles. The normalized spacial score (nSPS) is 21.4. The van der Waals surface area contributed by atoms with Crippen LogP contribution in [0.1, 0.15) is 31.7 Å². The summed E-state index contributed by atoms with van der Waals surface area (Å²) in [5.74, 6) is -3.56. The second kappa shape index (κ2) is 10.8. The molecule has 0 amide bonds. The molecule has 1 aliphatic carbocycles. The molecule has 0 aromatic heterocycles. The highest BCUT2D eigenvalue weighted by Gasteiger charge is 2.47. The van der Waals surface area contributed by atoms with Gasteiger partial charge in [-0.25, -0.2) is 9.18 Å². The van der Waals surface area contributed by atoms with Crippen LogP contribution in [-0.4, -0.2) is 38.0 Å². The van der Waals surface area contributed by atoms with Gasteiger partial charge < -0.3 is 19.5 Å². The van der Waals surface area contributed by atoms with E-state index in [4.69, 9.17) is 14.2 Å². The average molecular weight is 494 g/mol. The fourth-order valence-electron chi connectivity index (χ4n) is 4.83. The molecular formula is C28H28FNO6. The van der Waals surface area contributed by atoms with Gasteiger partial charge in [-0.2, -0.15) is 0 Å². The molecule has 2 aromatic carbocycles. The lowest BCUT2D eigenvalue weighted by Crippen LogP contribution is -2.43. The molecule has 188 valence electrons. The van der Waals surface area contributed by atoms with Crippen molar-refractivity contribution in [1.82, 2.24) is 5.32 Å². The Kier molecular flexibility index (Phi) is 7.52. The van der Waals surface area contributed by atoms with E-state index in [1.165, 1.54) is 31.4 Å². The van der Waals surface area contributed by atoms with Crippen LogP contribution in [0, 0.1) is 17.7 Å². The van der Waals surface area contributed by atoms with E-state index < -0.39 is 35.4 Å². The van der Waals surface area contributed by atoms with Crippen molar-refractivity contribution in [3.63, 3.8) is 0 Å². The number of rotatable bonds is 7. The summed E-state index contributed by atoms with van der Waals surface area (Å²) < 4.78 is 29.7. The van der Waals surface area contributed by atoms with Crippen molar-refractivity contribution in [1.29, 1.82) is 0 Å². The Hall–Kier alpha value is -3.94. The van der Waals surface area contributed by atoms with Gasteiger partial charge in [-0.3, -0.25) is 9.59 Å². The zero-order chi connectivity index (χ0) is 25.8. The number of nitrogens with one attached hydrogen (secondary N) is 1. The van der Waals surface area contributed by atoms with Crippen molar-refractivity contribution in [2.75, 3.05) is 20.3 Å². The van der Waals surface area contributed by atoms with Gasteiger partial charge in [0.2, 0.25) is 0 Å². The van der Waals surface area contributed by atoms with Crippen molar-refractivity contribution in [2.45, 2.75) is 26.2 Å². The Morgan fingerprint density at radius 1 is 1.06 bits per heavy atom. The molecule has 36 heavy (non-hydrogen) atoms. The summed E-state index contributed by atoms with van der Waals surface area (Å²) in [4.78, 5) is 39.4. The number of carbonyl (C=O) groups is 3. The minimum absolute atomic E-state index is 0.0116. The first-order valence-electron chi connectivity index (χ1n) is 11.7. The third-order valence-electron chi connectivity index (χ3n) is 6.49. The summed E-state index contributed by atoms with van der Waals surface area (Å²) in [5.41, 5.74) is 2.25. The largest absolute Gasteiger partial charge is 0.490 e. The topological polar surface area (TPSA) is 90.9 Å². The van der Waals surface area contributed by atoms with Gasteiger partial charge in [0.05, 0.1) is 12.7 Å². The minimum Gasteiger partial charge on any atom is -0.490 e. The molecule has 0 saturated heterocycles. The number of dihydropyridines is 1. The number of halogens is 1. The van der Waals surface area contributed by atoms with E-state index in [9.17, 15) is 18.8 Å². The Balaban J connectivity index is 1.63. The predicted octanol–water partition coefficient (Wildman–Crippen LogP) is 4.06. The molecule has 7 nitrogen and oxygen atoms in total. The molecule has 0 spiro atoms. The number of para-hydroxylation sites is 1. The fourth-order valence-corrected chi connectivity index (χ4v) is 4.83. The number of methoxy groups -OCH3 is 1. The van der Waals surface area contributed by atoms with Crippen LogP contribution in [0.25, 0.3) is 0 Å². The summed E-state index contributed by atoms with van der Waals surface area (Å²) in [6, 6.07) is 14.8. The van der Waals surface area contributed by atoms with E-state index in [0.29, 0.717) is 34.7 Å². The van der Waals surface area contributed by atoms with Gasteiger partial charge in [-0.15, -0.1) is 0 Å². The molecule has 2 aliphatic rings. The van der Waals surface area contributed by atoms with Gasteiger partial charge in [0, 0.05) is 22.9 Å². The van der Waals surface area contributed by atoms with E-state index in [1.54, 1.807) is 19.1 Å². The highest BCUT2D eigenvalue weighted by Crippen LogP contribution is 2.45. The van der Waals surface area contributed by atoms with Crippen molar-refractivity contribution < 1.29 is 33.0 Å². The number of Topliss-reactive ketones (excluding diaryl/α,β-unsaturated/α-hetero) is 1. The molecule has 1 aliphatic heterocycles. The number of carbonyl (C=O) groups excluding carboxylic acids is 3. The molecular weight excluding hydrogens is 465 g/mol. The number of ketones is 1. The van der Waals surface area contributed by atoms with E-state index in [0.717, 1.165) is 0 Å². The monoisotopic (exact) mass is 493 g/mol. The summed E-state index contributed by atoms with van der Waals surface area (Å²) in [6.07, 6.45) is 0.420. The Morgan fingerprint density at radius 3 is 2.42 bits per heavy atom. The number of hydrogen-bond acceptors (Lipinski definition) is 7. The lowest BCUT2D eigenvalue weighted by atomic mass is 9.69. The van der Waals surface area contributed by atoms with Crippen LogP contribution in [0.15, 0.2) is 77.1 Å². The van der Waals surface area contributed by atoms with Gasteiger partial charge in [0.25, 0.3) is 0 Å². The predicted molar refractivity (Wildman–Crippen MR) is 129 cm³/mol. The lowest BCUT2D eigenvalue weighted by molar-refractivity contribution is -0.151. The highest BCUT2D eigenvalue weighted by atomic mass is 19.1. The fraction of sp³-hybridized carbons (Fsp3) is 0.321. The Bertz CT molecular complexity index is 1220. The van der Waals surface area contributed by atoms with Gasteiger partial charge >= 0.3 is 11.9 Å². The number of ether oxygens (including phenoxy) is 3. The van der Waals surface area contributed by atoms with E-state index in [2.05, 4.69) is 5.32 Å². The maximum absolute atomic E-state index is 13.7. The summed E-state index contributed by atoms with van der Waals surface area (Å²) in [7, 11) is 1.24. The SMILES string of the molecule is COC(=O)[C@H]1C(=O)C2=C(C[C@@H]1C)NC(C)=C(C(=O)OCCOc1ccccc1)[C@@H]2c1ccc(F)cc1. The molecule has 0 radical (unpaired) electrons. The van der Waals surface area contributed by atoms with Crippen molar-refractivity contribution in [3.8, 4) is 5.75 Å². The number of allylic oxidation sites excluding steroid dienone is 3. The second-order valence-electron chi connectivity index (χ2n) is 8.88. The van der Waals surface area contributed by atoms with Gasteiger partial charge in [-0.05, 0) is 49.1 Å². The second-order valence-corrected chi connectivity index (χ2v) is 8.88. The molecule has 4 rings (SSSR count). The maximum atomic E-state index is 13.7. The maximum Gasteiger partial charge on any atom is 0.336 e. The molecule has 1 heterocycles. The summed E-state index contributed by atoms with van der Waals surface area (Å²) >= 11 is 0. The average Bonchev–Trinajstić information content (AvgIpc) is 2.86. The van der Waals surface area contributed by atoms with Crippen LogP contribution in [0.5, 0.6) is 5.75 Å². The van der Waals surface area contributed by atoms with Gasteiger partial charge in [0.1, 0.15) is 30.7 Å². The molecule has 3 atom stereocenters. The molecule has 0 bridgehead atoms. The van der Waals surface area contributed by atoms with Crippen LogP contribution in [-0.2, 0) is 23.9 Å². The molecule has 1 N–H and O–H groups in total. The van der Waals surface area contributed by atoms with Crippen LogP contribution in [0.3, 0.4) is 0 Å². The Morgan fingerprint density at radius 2 is 1.75 bits per heavy atom. The highest BCUT2D eigenvalue weighted by molar-refractivity contribution is 6.12. The van der Waals surface area contributed by atoms with E-state index in [1.807, 2.05) is 25.1 Å². The van der Waals surface area contributed by atoms with E-state index >= 15 is 0 Å². The van der Waals surface area contributed by atoms with Crippen molar-refractivity contribution in [3.05, 3.63) is 88.5 Å². The number of esters is 2. The van der Waals surface area contributed by atoms with Gasteiger partial charge in [0.15, 0.2) is 5.78 Å². The molecule has 0 fully saturated rings. The number of benzene rings is 2. The molecule has 2 aromatic rings. The standard InChI is InChI=1S/C28H28FNO6/c1-16-15-21-25(26(31)22(16)27(32)34-3)24(18-9-11-19(29)12-10-18)23(17(2)30-21)28(33)36-14-13-35-20-7-5-4-6-8-20/h4-12,16,22,24,30H,13-15H2,1-3H3/t16-,22+,24-/m0/s1. The first kappa shape index (κ1) is 25.2. The summed E-state index contributed by atoms with van der Waals surface area (Å²) in [6.45, 7) is 3.68. The first-order chi connectivity index (χ1) is 17.3. The van der Waals surface area contributed by atoms with E-state index in [-0.39, 0.29) is 24.7 Å². The summed E-state index contributed by atoms with van der Waals surface area (Å²) in [5, 5.41) is 3.20. The quantitative estimate of drug-likeness (QED) is 0.353. The van der Waals surface area contributed by atoms with Crippen molar-refractivity contribution in [2.24, 2.45) is 11.8 Å². The van der Waals surface area contributed by atoms with Crippen LogP contribution < -0.4 is 10.1 Å². The third kappa shape index (κ3) is 5.03. The lowest BCUT2D eigenvalue weighted by Gasteiger charge is -2.38. The Labute approximate surface area is 208 Å². The number of hydrogen-bond donors (Lipinski definition) is 1. The third-order valence-corrected chi connectivity index (χ3v) is 6.49. The molecule has 0 unspecified atom stereocenters. The van der Waals surface area contributed by atoms with Crippen LogP contribution >= 0.6 is 0 Å².